The van der Waals surface area contributed by atoms with Crippen molar-refractivity contribution in [3.8, 4) is 5.88 Å². The van der Waals surface area contributed by atoms with E-state index in [1.54, 1.807) is 6.07 Å². The first-order valence-corrected chi connectivity index (χ1v) is 6.48. The van der Waals surface area contributed by atoms with Crippen molar-refractivity contribution >= 4 is 17.2 Å². The molecule has 2 aromatic rings. The maximum absolute atomic E-state index is 5.79. The van der Waals surface area contributed by atoms with Gasteiger partial charge in [0.1, 0.15) is 5.82 Å². The standard InChI is InChI=1S/C15H19N3O/c1-3-11-5-7-12(8-6-11)17-14-10-9-13(16)15(18-14)19-4-2/h5-10H,3-4,16H2,1-2H3,(H,17,18). The third-order valence-corrected chi connectivity index (χ3v) is 2.81. The lowest BCUT2D eigenvalue weighted by Crippen LogP contribution is -2.02. The Bertz CT molecular complexity index is 538. The van der Waals surface area contributed by atoms with Crippen LogP contribution in [-0.4, -0.2) is 11.6 Å². The molecule has 3 N–H and O–H groups in total. The number of nitrogens with one attached hydrogen (secondary N) is 1. The lowest BCUT2D eigenvalue weighted by molar-refractivity contribution is 0.329. The minimum absolute atomic E-state index is 0.470. The summed E-state index contributed by atoms with van der Waals surface area (Å²) in [5.41, 5.74) is 8.65. The molecule has 1 heterocycles. The third kappa shape index (κ3) is 3.37. The summed E-state index contributed by atoms with van der Waals surface area (Å²) in [6.45, 7) is 4.59. The van der Waals surface area contributed by atoms with Crippen molar-refractivity contribution in [1.82, 2.24) is 4.98 Å². The molecule has 4 heteroatoms. The quantitative estimate of drug-likeness (QED) is 0.862. The van der Waals surface area contributed by atoms with Gasteiger partial charge in [-0.2, -0.15) is 4.98 Å². The van der Waals surface area contributed by atoms with Crippen LogP contribution in [0.3, 0.4) is 0 Å². The second-order valence-electron chi connectivity index (χ2n) is 4.20. The van der Waals surface area contributed by atoms with Gasteiger partial charge in [0.2, 0.25) is 5.88 Å². The van der Waals surface area contributed by atoms with E-state index in [4.69, 9.17) is 10.5 Å². The number of rotatable bonds is 5. The third-order valence-electron chi connectivity index (χ3n) is 2.81. The van der Waals surface area contributed by atoms with E-state index in [-0.39, 0.29) is 0 Å². The highest BCUT2D eigenvalue weighted by Crippen LogP contribution is 2.23. The number of hydrogen-bond donors (Lipinski definition) is 2. The Morgan fingerprint density at radius 3 is 2.47 bits per heavy atom. The van der Waals surface area contributed by atoms with Crippen LogP contribution < -0.4 is 15.8 Å². The molecule has 0 spiro atoms. The molecule has 0 aliphatic heterocycles. The number of nitrogen functional groups attached to an aromatic ring is 1. The van der Waals surface area contributed by atoms with Crippen LogP contribution in [0.2, 0.25) is 0 Å². The smallest absolute Gasteiger partial charge is 0.239 e. The fourth-order valence-electron chi connectivity index (χ4n) is 1.74. The van der Waals surface area contributed by atoms with Crippen LogP contribution in [-0.2, 0) is 6.42 Å². The molecule has 1 aromatic heterocycles. The molecular weight excluding hydrogens is 238 g/mol. The molecule has 19 heavy (non-hydrogen) atoms. The highest BCUT2D eigenvalue weighted by Gasteiger charge is 2.04. The van der Waals surface area contributed by atoms with E-state index in [9.17, 15) is 0 Å². The van der Waals surface area contributed by atoms with Gasteiger partial charge in [-0.15, -0.1) is 0 Å². The summed E-state index contributed by atoms with van der Waals surface area (Å²) in [6, 6.07) is 11.9. The normalized spacial score (nSPS) is 10.2. The number of aryl methyl sites for hydroxylation is 1. The summed E-state index contributed by atoms with van der Waals surface area (Å²) >= 11 is 0. The number of pyridine rings is 1. The van der Waals surface area contributed by atoms with E-state index >= 15 is 0 Å². The van der Waals surface area contributed by atoms with E-state index in [1.165, 1.54) is 5.56 Å². The summed E-state index contributed by atoms with van der Waals surface area (Å²) in [5.74, 6) is 1.19. The largest absolute Gasteiger partial charge is 0.476 e. The van der Waals surface area contributed by atoms with Crippen LogP contribution in [0.15, 0.2) is 36.4 Å². The average Bonchev–Trinajstić information content (AvgIpc) is 2.44. The van der Waals surface area contributed by atoms with Gasteiger partial charge in [-0.1, -0.05) is 19.1 Å². The lowest BCUT2D eigenvalue weighted by atomic mass is 10.1. The highest BCUT2D eigenvalue weighted by molar-refractivity contribution is 5.60. The van der Waals surface area contributed by atoms with Crippen molar-refractivity contribution in [2.24, 2.45) is 0 Å². The predicted molar refractivity (Wildman–Crippen MR) is 78.9 cm³/mol. The van der Waals surface area contributed by atoms with E-state index < -0.39 is 0 Å². The van der Waals surface area contributed by atoms with Crippen LogP contribution in [0, 0.1) is 0 Å². The molecule has 4 nitrogen and oxygen atoms in total. The van der Waals surface area contributed by atoms with Crippen molar-refractivity contribution in [2.75, 3.05) is 17.7 Å². The summed E-state index contributed by atoms with van der Waals surface area (Å²) < 4.78 is 5.38. The highest BCUT2D eigenvalue weighted by atomic mass is 16.5. The zero-order valence-corrected chi connectivity index (χ0v) is 11.3. The Morgan fingerprint density at radius 1 is 1.11 bits per heavy atom. The predicted octanol–water partition coefficient (Wildman–Crippen LogP) is 3.37. The molecular formula is C15H19N3O. The van der Waals surface area contributed by atoms with Gasteiger partial charge in [-0.05, 0) is 43.2 Å². The molecule has 0 aliphatic rings. The molecule has 0 saturated carbocycles. The monoisotopic (exact) mass is 257 g/mol. The first-order chi connectivity index (χ1) is 9.22. The average molecular weight is 257 g/mol. The van der Waals surface area contributed by atoms with Gasteiger partial charge in [0, 0.05) is 5.69 Å². The molecule has 1 aromatic carbocycles. The molecule has 0 amide bonds. The Kier molecular flexibility index (Phi) is 4.23. The summed E-state index contributed by atoms with van der Waals surface area (Å²) in [7, 11) is 0. The Hall–Kier alpha value is -2.23. The SMILES string of the molecule is CCOc1nc(Nc2ccc(CC)cc2)ccc1N. The molecule has 2 rings (SSSR count). The minimum Gasteiger partial charge on any atom is -0.476 e. The van der Waals surface area contributed by atoms with Gasteiger partial charge in [0.15, 0.2) is 0 Å². The number of hydrogen-bond acceptors (Lipinski definition) is 4. The van der Waals surface area contributed by atoms with Crippen LogP contribution in [0.1, 0.15) is 19.4 Å². The molecule has 0 unspecified atom stereocenters. The van der Waals surface area contributed by atoms with Gasteiger partial charge in [-0.3, -0.25) is 0 Å². The van der Waals surface area contributed by atoms with Gasteiger partial charge < -0.3 is 15.8 Å². The topological polar surface area (TPSA) is 60.2 Å². The van der Waals surface area contributed by atoms with Crippen LogP contribution in [0.4, 0.5) is 17.2 Å². The van der Waals surface area contributed by atoms with Gasteiger partial charge >= 0.3 is 0 Å². The van der Waals surface area contributed by atoms with Crippen molar-refractivity contribution in [3.63, 3.8) is 0 Å². The van der Waals surface area contributed by atoms with Crippen molar-refractivity contribution in [1.29, 1.82) is 0 Å². The number of anilines is 3. The van der Waals surface area contributed by atoms with Crippen LogP contribution >= 0.6 is 0 Å². The molecule has 0 radical (unpaired) electrons. The molecule has 0 atom stereocenters. The number of ether oxygens (including phenoxy) is 1. The molecule has 100 valence electrons. The van der Waals surface area contributed by atoms with Crippen molar-refractivity contribution in [3.05, 3.63) is 42.0 Å². The fraction of sp³-hybridized carbons (Fsp3) is 0.267. The maximum atomic E-state index is 5.79. The number of nitrogens with two attached hydrogens (primary N) is 1. The van der Waals surface area contributed by atoms with Crippen LogP contribution in [0.25, 0.3) is 0 Å². The molecule has 0 aliphatic carbocycles. The number of benzene rings is 1. The zero-order valence-electron chi connectivity index (χ0n) is 11.3. The summed E-state index contributed by atoms with van der Waals surface area (Å²) in [6.07, 6.45) is 1.04. The van der Waals surface area contributed by atoms with E-state index in [0.29, 0.717) is 18.2 Å². The molecule has 0 saturated heterocycles. The van der Waals surface area contributed by atoms with Gasteiger partial charge in [-0.25, -0.2) is 0 Å². The second kappa shape index (κ2) is 6.09. The van der Waals surface area contributed by atoms with E-state index in [1.807, 2.05) is 25.1 Å². The first-order valence-electron chi connectivity index (χ1n) is 6.48. The fourth-order valence-corrected chi connectivity index (χ4v) is 1.74. The van der Waals surface area contributed by atoms with Crippen molar-refractivity contribution in [2.45, 2.75) is 20.3 Å². The van der Waals surface area contributed by atoms with Crippen LogP contribution in [0.5, 0.6) is 5.88 Å². The molecule has 0 bridgehead atoms. The Labute approximate surface area is 113 Å². The molecule has 0 fully saturated rings. The minimum atomic E-state index is 0.470. The van der Waals surface area contributed by atoms with E-state index in [2.05, 4.69) is 29.4 Å². The Balaban J connectivity index is 2.15. The lowest BCUT2D eigenvalue weighted by Gasteiger charge is -2.10. The zero-order chi connectivity index (χ0) is 13.7. The number of aromatic nitrogens is 1. The summed E-state index contributed by atoms with van der Waals surface area (Å²) in [5, 5.41) is 3.23. The first kappa shape index (κ1) is 13.2. The number of nitrogens with zero attached hydrogens (tertiary/aromatic N) is 1. The summed E-state index contributed by atoms with van der Waals surface area (Å²) in [4.78, 5) is 4.34. The second-order valence-corrected chi connectivity index (χ2v) is 4.20. The maximum Gasteiger partial charge on any atom is 0.239 e. The van der Waals surface area contributed by atoms with E-state index in [0.717, 1.165) is 17.9 Å². The van der Waals surface area contributed by atoms with Gasteiger partial charge in [0.05, 0.1) is 12.3 Å². The Morgan fingerprint density at radius 2 is 1.84 bits per heavy atom. The van der Waals surface area contributed by atoms with Crippen molar-refractivity contribution < 1.29 is 4.74 Å². The van der Waals surface area contributed by atoms with Gasteiger partial charge in [0.25, 0.3) is 0 Å².